The molecule has 2 aliphatic heterocycles. The number of carbonyl (C=O) groups excluding carboxylic acids is 4. The van der Waals surface area contributed by atoms with Gasteiger partial charge in [0.15, 0.2) is 5.13 Å². The zero-order valence-corrected chi connectivity index (χ0v) is 36.2. The van der Waals surface area contributed by atoms with E-state index in [0.717, 1.165) is 10.5 Å². The average Bonchev–Trinajstić information content (AvgIpc) is 4.06. The molecule has 324 valence electrons. The summed E-state index contributed by atoms with van der Waals surface area (Å²) in [7, 11) is -2.36. The third-order valence-corrected chi connectivity index (χ3v) is 13.2. The van der Waals surface area contributed by atoms with E-state index >= 15 is 0 Å². The van der Waals surface area contributed by atoms with E-state index in [1.165, 1.54) is 16.2 Å². The first-order valence-electron chi connectivity index (χ1n) is 20.2. The lowest BCUT2D eigenvalue weighted by atomic mass is 10.1. The van der Waals surface area contributed by atoms with E-state index in [1.807, 2.05) is 43.5 Å². The number of benzene rings is 1. The minimum atomic E-state index is -3.94. The SMILES string of the molecule is COc1ccc2c(OC3C[C@H]4C(=O)N[C@]5(C(=O)NS(=O)(=O)C6CC6)CC5/C=C\CCOCC[C@H](NC(=O)OC(C)(C)C)C(=O)N4C3)nc(-c3csc(NC(C)C)n3)cc2c1. The van der Waals surface area contributed by atoms with Gasteiger partial charge in [-0.05, 0) is 90.0 Å². The van der Waals surface area contributed by atoms with Gasteiger partial charge in [0.2, 0.25) is 27.7 Å². The number of anilines is 1. The molecule has 3 aromatic rings. The number of carbonyl (C=O) groups is 4. The number of pyridine rings is 1. The Kier molecular flexibility index (Phi) is 12.3. The molecule has 4 N–H and O–H groups in total. The molecule has 4 amide bonds. The largest absolute Gasteiger partial charge is 0.497 e. The van der Waals surface area contributed by atoms with Gasteiger partial charge in [0, 0.05) is 42.2 Å². The normalized spacial score (nSPS) is 25.6. The fourth-order valence-electron chi connectivity index (χ4n) is 7.38. The topological polar surface area (TPSA) is 216 Å². The van der Waals surface area contributed by atoms with E-state index in [9.17, 15) is 27.6 Å². The fourth-order valence-corrected chi connectivity index (χ4v) is 9.59. The zero-order chi connectivity index (χ0) is 43.0. The Bertz CT molecular complexity index is 2270. The molecular weight excluding hydrogens is 815 g/mol. The van der Waals surface area contributed by atoms with Crippen molar-refractivity contribution >= 4 is 61.1 Å². The van der Waals surface area contributed by atoms with Crippen LogP contribution >= 0.6 is 11.3 Å². The summed E-state index contributed by atoms with van der Waals surface area (Å²) >= 11 is 1.44. The van der Waals surface area contributed by atoms with E-state index < -0.39 is 74.3 Å². The van der Waals surface area contributed by atoms with Gasteiger partial charge in [-0.3, -0.25) is 19.1 Å². The molecule has 0 spiro atoms. The Morgan fingerprint density at radius 3 is 2.58 bits per heavy atom. The maximum absolute atomic E-state index is 14.6. The lowest BCUT2D eigenvalue weighted by Gasteiger charge is -2.30. The molecule has 2 unspecified atom stereocenters. The first-order chi connectivity index (χ1) is 28.4. The number of alkyl carbamates (subject to hydrolysis) is 1. The summed E-state index contributed by atoms with van der Waals surface area (Å²) in [6, 6.07) is 5.16. The highest BCUT2D eigenvalue weighted by atomic mass is 32.2. The van der Waals surface area contributed by atoms with E-state index in [1.54, 1.807) is 40.0 Å². The van der Waals surface area contributed by atoms with Gasteiger partial charge in [0.25, 0.3) is 5.91 Å². The molecule has 17 nitrogen and oxygen atoms in total. The molecule has 2 saturated carbocycles. The zero-order valence-electron chi connectivity index (χ0n) is 34.6. The summed E-state index contributed by atoms with van der Waals surface area (Å²) in [5.41, 5.74) is -1.28. The Hall–Kier alpha value is -5.01. The molecule has 5 atom stereocenters. The highest BCUT2D eigenvalue weighted by Gasteiger charge is 2.62. The number of rotatable bonds is 10. The second-order valence-corrected chi connectivity index (χ2v) is 19.8. The predicted molar refractivity (Wildman–Crippen MR) is 224 cm³/mol. The van der Waals surface area contributed by atoms with Crippen LogP contribution in [0.15, 0.2) is 41.8 Å². The highest BCUT2D eigenvalue weighted by Crippen LogP contribution is 2.46. The number of hydrogen-bond donors (Lipinski definition) is 4. The van der Waals surface area contributed by atoms with Crippen LogP contribution in [0.5, 0.6) is 11.6 Å². The average molecular weight is 868 g/mol. The molecule has 1 aromatic carbocycles. The first-order valence-corrected chi connectivity index (χ1v) is 22.7. The molecule has 4 heterocycles. The Morgan fingerprint density at radius 1 is 1.08 bits per heavy atom. The molecule has 4 aliphatic rings. The Balaban J connectivity index is 1.23. The predicted octanol–water partition coefficient (Wildman–Crippen LogP) is 4.28. The molecular formula is C41H53N7O10S2. The number of ether oxygens (including phenoxy) is 4. The van der Waals surface area contributed by atoms with Crippen molar-refractivity contribution in [3.8, 4) is 23.0 Å². The number of methoxy groups -OCH3 is 1. The van der Waals surface area contributed by atoms with Crippen molar-refractivity contribution in [2.45, 2.75) is 114 Å². The molecule has 0 radical (unpaired) electrons. The molecule has 2 aliphatic carbocycles. The van der Waals surface area contributed by atoms with E-state index in [0.29, 0.717) is 41.8 Å². The summed E-state index contributed by atoms with van der Waals surface area (Å²) in [4.78, 5) is 67.1. The number of amides is 4. The summed E-state index contributed by atoms with van der Waals surface area (Å²) in [5.74, 6) is -1.74. The van der Waals surface area contributed by atoms with Gasteiger partial charge in [0.05, 0.1) is 31.2 Å². The van der Waals surface area contributed by atoms with Crippen molar-refractivity contribution in [1.82, 2.24) is 30.2 Å². The van der Waals surface area contributed by atoms with Crippen LogP contribution in [0.25, 0.3) is 22.2 Å². The quantitative estimate of drug-likeness (QED) is 0.210. The van der Waals surface area contributed by atoms with E-state index in [-0.39, 0.29) is 50.9 Å². The van der Waals surface area contributed by atoms with E-state index in [2.05, 4.69) is 20.7 Å². The number of sulfonamides is 1. The smallest absolute Gasteiger partial charge is 0.408 e. The molecule has 1 saturated heterocycles. The van der Waals surface area contributed by atoms with Gasteiger partial charge < -0.3 is 39.8 Å². The van der Waals surface area contributed by atoms with Crippen molar-refractivity contribution in [3.05, 3.63) is 41.8 Å². The fraction of sp³-hybridized carbons (Fsp3) is 0.561. The van der Waals surface area contributed by atoms with Gasteiger partial charge in [-0.2, -0.15) is 0 Å². The number of thiazole rings is 1. The summed E-state index contributed by atoms with van der Waals surface area (Å²) in [6.45, 7) is 9.45. The second-order valence-electron chi connectivity index (χ2n) is 17.0. The summed E-state index contributed by atoms with van der Waals surface area (Å²) < 4.78 is 51.6. The number of aromatic nitrogens is 2. The van der Waals surface area contributed by atoms with Crippen LogP contribution in [0.4, 0.5) is 9.93 Å². The second kappa shape index (κ2) is 17.2. The van der Waals surface area contributed by atoms with E-state index in [4.69, 9.17) is 28.9 Å². The Labute approximate surface area is 353 Å². The van der Waals surface area contributed by atoms with Gasteiger partial charge in [-0.15, -0.1) is 11.3 Å². The van der Waals surface area contributed by atoms with Gasteiger partial charge in [0.1, 0.15) is 40.8 Å². The maximum Gasteiger partial charge on any atom is 0.408 e. The number of nitrogens with one attached hydrogen (secondary N) is 4. The minimum absolute atomic E-state index is 0.0193. The van der Waals surface area contributed by atoms with Crippen molar-refractivity contribution in [2.24, 2.45) is 5.92 Å². The third-order valence-electron chi connectivity index (χ3n) is 10.6. The molecule has 2 aromatic heterocycles. The molecule has 7 rings (SSSR count). The van der Waals surface area contributed by atoms with Crippen molar-refractivity contribution in [1.29, 1.82) is 0 Å². The van der Waals surface area contributed by atoms with Crippen molar-refractivity contribution in [3.63, 3.8) is 0 Å². The standard InChI is InChI=1S/C41H53N7O10S2/c1-23(2)42-38-44-32(22-59-38)31-18-24-17-26(55-6)10-13-29(24)35(43-31)57-27-19-33-34(49)46-41(37(51)47-60(53,54)28-11-12-28)20-25(41)9-7-8-15-56-16-14-30(36(50)48(33)21-27)45-39(52)58-40(3,4)5/h7,9-10,13,17-18,22-23,25,27-28,30,33H,8,11-12,14-16,19-21H2,1-6H3,(H,42,44)(H,45,52)(H,46,49)(H,47,51)/b9-7-/t25?,27?,30-,33-,41+/m0/s1. The van der Waals surface area contributed by atoms with Gasteiger partial charge in [-0.25, -0.2) is 23.2 Å². The van der Waals surface area contributed by atoms with Crippen molar-refractivity contribution in [2.75, 3.05) is 32.2 Å². The minimum Gasteiger partial charge on any atom is -0.497 e. The van der Waals surface area contributed by atoms with Crippen LogP contribution in [0.3, 0.4) is 0 Å². The lowest BCUT2D eigenvalue weighted by molar-refractivity contribution is -0.141. The number of nitrogens with zero attached hydrogens (tertiary/aromatic N) is 3. The number of hydrogen-bond acceptors (Lipinski definition) is 14. The van der Waals surface area contributed by atoms with Gasteiger partial charge >= 0.3 is 6.09 Å². The summed E-state index contributed by atoms with van der Waals surface area (Å²) in [6.07, 6.45) is 3.56. The van der Waals surface area contributed by atoms with Crippen LogP contribution in [0.1, 0.15) is 73.1 Å². The van der Waals surface area contributed by atoms with Crippen LogP contribution in [-0.4, -0.2) is 115 Å². The maximum atomic E-state index is 14.6. The van der Waals surface area contributed by atoms with Gasteiger partial charge in [-0.1, -0.05) is 12.2 Å². The van der Waals surface area contributed by atoms with Crippen LogP contribution < -0.4 is 30.1 Å². The van der Waals surface area contributed by atoms with Crippen LogP contribution in [0.2, 0.25) is 0 Å². The summed E-state index contributed by atoms with van der Waals surface area (Å²) in [5, 5.41) is 12.2. The first kappa shape index (κ1) is 43.1. The highest BCUT2D eigenvalue weighted by molar-refractivity contribution is 7.91. The molecule has 19 heteroatoms. The number of fused-ring (bicyclic) bond motifs is 3. The third kappa shape index (κ3) is 9.95. The molecule has 60 heavy (non-hydrogen) atoms. The monoisotopic (exact) mass is 867 g/mol. The lowest BCUT2D eigenvalue weighted by Crippen LogP contribution is -2.58. The van der Waals surface area contributed by atoms with Crippen LogP contribution in [-0.2, 0) is 33.9 Å². The molecule has 3 fully saturated rings. The Morgan fingerprint density at radius 2 is 1.87 bits per heavy atom. The molecule has 0 bridgehead atoms. The van der Waals surface area contributed by atoms with Crippen LogP contribution in [0, 0.1) is 5.92 Å². The van der Waals surface area contributed by atoms with Crippen molar-refractivity contribution < 1.29 is 46.5 Å².